The third kappa shape index (κ3) is 7.74. The molecule has 3 aromatic rings. The zero-order valence-electron chi connectivity index (χ0n) is 25.0. The summed E-state index contributed by atoms with van der Waals surface area (Å²) in [6.45, 7) is 8.38. The van der Waals surface area contributed by atoms with Gasteiger partial charge in [0.05, 0.1) is 24.8 Å². The first-order valence-electron chi connectivity index (χ1n) is 13.4. The van der Waals surface area contributed by atoms with Crippen molar-refractivity contribution in [1.82, 2.24) is 10.2 Å². The number of carbonyl (C=O) groups is 2. The van der Waals surface area contributed by atoms with E-state index in [0.717, 1.165) is 15.4 Å². The Kier molecular flexibility index (Phi) is 10.9. The smallest absolute Gasteiger partial charge is 0.264 e. The van der Waals surface area contributed by atoms with Crippen molar-refractivity contribution in [2.45, 2.75) is 58.1 Å². The van der Waals surface area contributed by atoms with Crippen LogP contribution in [0.4, 0.5) is 5.69 Å². The lowest BCUT2D eigenvalue weighted by molar-refractivity contribution is -0.139. The molecule has 0 unspecified atom stereocenters. The number of aryl methyl sites for hydroxylation is 2. The first kappa shape index (κ1) is 32.8. The van der Waals surface area contributed by atoms with E-state index in [1.807, 2.05) is 33.8 Å². The molecule has 9 nitrogen and oxygen atoms in total. The molecular formula is C31H38ClN3O6S. The molecule has 0 aromatic heterocycles. The van der Waals surface area contributed by atoms with E-state index in [1.54, 1.807) is 43.3 Å². The molecule has 0 spiro atoms. The highest BCUT2D eigenvalue weighted by Gasteiger charge is 2.33. The summed E-state index contributed by atoms with van der Waals surface area (Å²) in [6.07, 6.45) is 0. The van der Waals surface area contributed by atoms with Crippen molar-refractivity contribution in [1.29, 1.82) is 0 Å². The van der Waals surface area contributed by atoms with Gasteiger partial charge in [-0.15, -0.1) is 0 Å². The Morgan fingerprint density at radius 1 is 0.905 bits per heavy atom. The molecule has 11 heteroatoms. The van der Waals surface area contributed by atoms with Crippen LogP contribution in [0.25, 0.3) is 0 Å². The van der Waals surface area contributed by atoms with Gasteiger partial charge in [-0.3, -0.25) is 13.9 Å². The van der Waals surface area contributed by atoms with Crippen molar-refractivity contribution in [3.05, 3.63) is 82.4 Å². The monoisotopic (exact) mass is 615 g/mol. The number of anilines is 1. The number of nitrogens with zero attached hydrogens (tertiary/aromatic N) is 2. The van der Waals surface area contributed by atoms with Crippen molar-refractivity contribution in [3.63, 3.8) is 0 Å². The van der Waals surface area contributed by atoms with Crippen LogP contribution in [-0.4, -0.2) is 58.0 Å². The lowest BCUT2D eigenvalue weighted by Crippen LogP contribution is -2.52. The van der Waals surface area contributed by atoms with Gasteiger partial charge in [0, 0.05) is 23.7 Å². The van der Waals surface area contributed by atoms with Gasteiger partial charge in [-0.2, -0.15) is 0 Å². The van der Waals surface area contributed by atoms with E-state index >= 15 is 0 Å². The summed E-state index contributed by atoms with van der Waals surface area (Å²) in [5, 5.41) is 3.26. The molecule has 1 atom stereocenters. The third-order valence-electron chi connectivity index (χ3n) is 6.61. The SMILES string of the molecule is COc1ccc(S(=O)(=O)N(CC(=O)N(Cc2ccccc2Cl)[C@H](C)C(=O)NC(C)C)c2cc(C)cc(C)c2)cc1OC. The molecule has 226 valence electrons. The molecule has 0 aliphatic carbocycles. The van der Waals surface area contributed by atoms with Crippen molar-refractivity contribution < 1.29 is 27.5 Å². The fraction of sp³-hybridized carbons (Fsp3) is 0.355. The highest BCUT2D eigenvalue weighted by Crippen LogP contribution is 2.33. The van der Waals surface area contributed by atoms with Gasteiger partial charge in [0.2, 0.25) is 11.8 Å². The maximum atomic E-state index is 14.2. The van der Waals surface area contributed by atoms with Gasteiger partial charge in [-0.05, 0) is 81.6 Å². The Morgan fingerprint density at radius 2 is 1.52 bits per heavy atom. The van der Waals surface area contributed by atoms with Crippen molar-refractivity contribution >= 4 is 39.1 Å². The van der Waals surface area contributed by atoms with Crippen molar-refractivity contribution in [3.8, 4) is 11.5 Å². The van der Waals surface area contributed by atoms with Crippen LogP contribution in [0.2, 0.25) is 5.02 Å². The van der Waals surface area contributed by atoms with Gasteiger partial charge in [0.15, 0.2) is 11.5 Å². The van der Waals surface area contributed by atoms with Crippen LogP contribution in [0.3, 0.4) is 0 Å². The number of rotatable bonds is 12. The Bertz CT molecular complexity index is 1520. The lowest BCUT2D eigenvalue weighted by atomic mass is 10.1. The van der Waals surface area contributed by atoms with Gasteiger partial charge >= 0.3 is 0 Å². The molecule has 0 aliphatic heterocycles. The van der Waals surface area contributed by atoms with Crippen molar-refractivity contribution in [2.24, 2.45) is 0 Å². The van der Waals surface area contributed by atoms with E-state index < -0.39 is 28.5 Å². The first-order chi connectivity index (χ1) is 19.8. The Hall–Kier alpha value is -3.76. The predicted octanol–water partition coefficient (Wildman–Crippen LogP) is 5.11. The molecule has 0 radical (unpaired) electrons. The summed E-state index contributed by atoms with van der Waals surface area (Å²) in [6, 6.07) is 15.5. The maximum Gasteiger partial charge on any atom is 0.264 e. The second-order valence-corrected chi connectivity index (χ2v) is 12.6. The summed E-state index contributed by atoms with van der Waals surface area (Å²) in [4.78, 5) is 28.4. The molecule has 42 heavy (non-hydrogen) atoms. The highest BCUT2D eigenvalue weighted by atomic mass is 35.5. The number of amides is 2. The summed E-state index contributed by atoms with van der Waals surface area (Å²) < 4.78 is 40.1. The first-order valence-corrected chi connectivity index (χ1v) is 15.3. The number of sulfonamides is 1. The van der Waals surface area contributed by atoms with Gasteiger partial charge < -0.3 is 19.7 Å². The summed E-state index contributed by atoms with van der Waals surface area (Å²) in [7, 11) is -1.43. The Labute approximate surface area is 253 Å². The molecule has 0 fully saturated rings. The van der Waals surface area contributed by atoms with E-state index in [9.17, 15) is 18.0 Å². The van der Waals surface area contributed by atoms with Crippen LogP contribution < -0.4 is 19.1 Å². The second-order valence-electron chi connectivity index (χ2n) is 10.3. The normalized spacial score (nSPS) is 12.0. The van der Waals surface area contributed by atoms with E-state index in [1.165, 1.54) is 37.3 Å². The van der Waals surface area contributed by atoms with Gasteiger partial charge in [-0.25, -0.2) is 8.42 Å². The number of halogens is 1. The molecule has 0 aliphatic rings. The fourth-order valence-electron chi connectivity index (χ4n) is 4.53. The molecule has 3 aromatic carbocycles. The number of ether oxygens (including phenoxy) is 2. The molecule has 0 bridgehead atoms. The number of methoxy groups -OCH3 is 2. The largest absolute Gasteiger partial charge is 0.493 e. The van der Waals surface area contributed by atoms with E-state index in [0.29, 0.717) is 22.0 Å². The zero-order chi connectivity index (χ0) is 31.2. The molecule has 3 rings (SSSR count). The number of nitrogens with one attached hydrogen (secondary N) is 1. The summed E-state index contributed by atoms with van der Waals surface area (Å²) in [5.74, 6) is -0.360. The Balaban J connectivity index is 2.12. The lowest BCUT2D eigenvalue weighted by Gasteiger charge is -2.32. The molecule has 0 heterocycles. The second kappa shape index (κ2) is 13.9. The predicted molar refractivity (Wildman–Crippen MR) is 165 cm³/mol. The molecule has 0 saturated carbocycles. The summed E-state index contributed by atoms with van der Waals surface area (Å²) >= 11 is 6.42. The minimum atomic E-state index is -4.30. The van der Waals surface area contributed by atoms with Crippen LogP contribution in [0.1, 0.15) is 37.5 Å². The average Bonchev–Trinajstić information content (AvgIpc) is 2.93. The van der Waals surface area contributed by atoms with Gasteiger partial charge in [0.1, 0.15) is 12.6 Å². The number of hydrogen-bond donors (Lipinski definition) is 1. The average molecular weight is 616 g/mol. The van der Waals surface area contributed by atoms with E-state index in [4.69, 9.17) is 21.1 Å². The third-order valence-corrected chi connectivity index (χ3v) is 8.75. The number of hydrogen-bond acceptors (Lipinski definition) is 6. The number of benzene rings is 3. The van der Waals surface area contributed by atoms with E-state index in [2.05, 4.69) is 5.32 Å². The maximum absolute atomic E-state index is 14.2. The van der Waals surface area contributed by atoms with Gasteiger partial charge in [0.25, 0.3) is 10.0 Å². The molecule has 0 saturated heterocycles. The standard InChI is InChI=1S/C31H38ClN3O6S/c1-20(2)33-31(37)23(5)34(18-24-10-8-9-11-27(24)32)30(36)19-35(25-15-21(3)14-22(4)16-25)42(38,39)26-12-13-28(40-6)29(17-26)41-7/h8-17,20,23H,18-19H2,1-7H3,(H,33,37)/t23-/m1/s1. The fourth-order valence-corrected chi connectivity index (χ4v) is 6.13. The summed E-state index contributed by atoms with van der Waals surface area (Å²) in [5.41, 5.74) is 2.58. The van der Waals surface area contributed by atoms with Crippen molar-refractivity contribution in [2.75, 3.05) is 25.1 Å². The zero-order valence-corrected chi connectivity index (χ0v) is 26.5. The molecule has 1 N–H and O–H groups in total. The van der Waals surface area contributed by atoms with Crippen LogP contribution in [0.15, 0.2) is 65.6 Å². The minimum absolute atomic E-state index is 0.00226. The van der Waals surface area contributed by atoms with Crippen LogP contribution in [0, 0.1) is 13.8 Å². The highest BCUT2D eigenvalue weighted by molar-refractivity contribution is 7.92. The quantitative estimate of drug-likeness (QED) is 0.304. The molecule has 2 amide bonds. The molecular weight excluding hydrogens is 578 g/mol. The van der Waals surface area contributed by atoms with E-state index in [-0.39, 0.29) is 29.1 Å². The van der Waals surface area contributed by atoms with Gasteiger partial charge in [-0.1, -0.05) is 35.9 Å². The topological polar surface area (TPSA) is 105 Å². The Morgan fingerprint density at radius 3 is 2.10 bits per heavy atom. The van der Waals surface area contributed by atoms with Crippen LogP contribution in [0.5, 0.6) is 11.5 Å². The minimum Gasteiger partial charge on any atom is -0.493 e. The van der Waals surface area contributed by atoms with Crippen LogP contribution in [-0.2, 0) is 26.2 Å². The number of carbonyl (C=O) groups excluding carboxylic acids is 2. The van der Waals surface area contributed by atoms with Crippen LogP contribution >= 0.6 is 11.6 Å².